The van der Waals surface area contributed by atoms with Crippen molar-refractivity contribution in [2.24, 2.45) is 5.73 Å². The topological polar surface area (TPSA) is 55.1 Å². The zero-order chi connectivity index (χ0) is 14.5. The lowest BCUT2D eigenvalue weighted by Crippen LogP contribution is -2.35. The second-order valence-corrected chi connectivity index (χ2v) is 5.03. The molecule has 0 bridgehead atoms. The third-order valence-corrected chi connectivity index (χ3v) is 3.38. The second-order valence-electron chi connectivity index (χ2n) is 5.03. The molecule has 20 heavy (non-hydrogen) atoms. The first kappa shape index (κ1) is 14.3. The van der Waals surface area contributed by atoms with Crippen LogP contribution in [0.2, 0.25) is 0 Å². The number of nitrogens with one attached hydrogen (secondary N) is 1. The first-order valence-corrected chi connectivity index (χ1v) is 6.75. The molecule has 0 aliphatic heterocycles. The molecule has 2 aromatic rings. The Kier molecular flexibility index (Phi) is 4.53. The van der Waals surface area contributed by atoms with E-state index in [0.29, 0.717) is 0 Å². The van der Waals surface area contributed by atoms with E-state index in [1.807, 2.05) is 68.4 Å². The van der Waals surface area contributed by atoms with E-state index in [2.05, 4.69) is 5.32 Å². The van der Waals surface area contributed by atoms with Crippen LogP contribution in [0.3, 0.4) is 0 Å². The number of benzene rings is 2. The molecule has 0 fully saturated rings. The summed E-state index contributed by atoms with van der Waals surface area (Å²) in [4.78, 5) is 12.2. The fourth-order valence-electron chi connectivity index (χ4n) is 2.05. The van der Waals surface area contributed by atoms with E-state index in [9.17, 15) is 4.79 Å². The number of aryl methyl sites for hydroxylation is 1. The van der Waals surface area contributed by atoms with Gasteiger partial charge in [-0.3, -0.25) is 4.79 Å². The molecule has 0 aromatic heterocycles. The molecule has 2 aromatic carbocycles. The van der Waals surface area contributed by atoms with Crippen molar-refractivity contribution in [2.45, 2.75) is 25.9 Å². The van der Waals surface area contributed by atoms with Gasteiger partial charge in [0.25, 0.3) is 0 Å². The number of amides is 1. The number of carbonyl (C=O) groups excluding carboxylic acids is 1. The van der Waals surface area contributed by atoms with Crippen molar-refractivity contribution in [2.75, 3.05) is 0 Å². The second kappa shape index (κ2) is 6.35. The fourth-order valence-corrected chi connectivity index (χ4v) is 2.05. The quantitative estimate of drug-likeness (QED) is 0.896. The first-order chi connectivity index (χ1) is 9.58. The van der Waals surface area contributed by atoms with Crippen LogP contribution in [0.5, 0.6) is 0 Å². The lowest BCUT2D eigenvalue weighted by Gasteiger charge is -2.18. The van der Waals surface area contributed by atoms with Gasteiger partial charge in [0.1, 0.15) is 6.04 Å². The van der Waals surface area contributed by atoms with Gasteiger partial charge in [-0.05, 0) is 25.0 Å². The summed E-state index contributed by atoms with van der Waals surface area (Å²) in [6, 6.07) is 16.8. The van der Waals surface area contributed by atoms with E-state index in [-0.39, 0.29) is 11.9 Å². The molecule has 2 rings (SSSR count). The number of hydrogen-bond acceptors (Lipinski definition) is 2. The lowest BCUT2D eigenvalue weighted by atomic mass is 10.0. The van der Waals surface area contributed by atoms with Crippen LogP contribution >= 0.6 is 0 Å². The van der Waals surface area contributed by atoms with Crippen LogP contribution in [0.1, 0.15) is 35.7 Å². The van der Waals surface area contributed by atoms with Gasteiger partial charge in [0.05, 0.1) is 6.04 Å². The van der Waals surface area contributed by atoms with Crippen molar-refractivity contribution in [3.8, 4) is 0 Å². The summed E-state index contributed by atoms with van der Waals surface area (Å²) >= 11 is 0. The molecule has 1 amide bonds. The third-order valence-electron chi connectivity index (χ3n) is 3.38. The summed E-state index contributed by atoms with van der Waals surface area (Å²) in [5.74, 6) is -0.163. The average molecular weight is 268 g/mol. The number of hydrogen-bond donors (Lipinski definition) is 2. The summed E-state index contributed by atoms with van der Waals surface area (Å²) in [6.45, 7) is 4.00. The van der Waals surface area contributed by atoms with Gasteiger partial charge in [0.15, 0.2) is 0 Å². The zero-order valence-electron chi connectivity index (χ0n) is 11.8. The first-order valence-electron chi connectivity index (χ1n) is 6.75. The molecule has 3 nitrogen and oxygen atoms in total. The third kappa shape index (κ3) is 3.45. The predicted molar refractivity (Wildman–Crippen MR) is 81.1 cm³/mol. The summed E-state index contributed by atoms with van der Waals surface area (Å²) in [5, 5.41) is 2.95. The van der Waals surface area contributed by atoms with Gasteiger partial charge in [0.2, 0.25) is 5.91 Å². The minimum absolute atomic E-state index is 0.0575. The average Bonchev–Trinajstić information content (AvgIpc) is 2.48. The molecule has 0 saturated carbocycles. The van der Waals surface area contributed by atoms with Crippen molar-refractivity contribution in [1.29, 1.82) is 0 Å². The Morgan fingerprint density at radius 3 is 2.20 bits per heavy atom. The Morgan fingerprint density at radius 2 is 1.60 bits per heavy atom. The number of carbonyl (C=O) groups is 1. The van der Waals surface area contributed by atoms with Gasteiger partial charge in [-0.2, -0.15) is 0 Å². The monoisotopic (exact) mass is 268 g/mol. The van der Waals surface area contributed by atoms with Crippen LogP contribution in [0.15, 0.2) is 54.6 Å². The van der Waals surface area contributed by atoms with Crippen molar-refractivity contribution in [3.63, 3.8) is 0 Å². The molecule has 0 heterocycles. The van der Waals surface area contributed by atoms with Crippen LogP contribution in [-0.4, -0.2) is 5.91 Å². The van der Waals surface area contributed by atoms with Gasteiger partial charge in [-0.1, -0.05) is 60.2 Å². The SMILES string of the molecule is Cc1ccc(C(C)NC(=O)[C@H](N)c2ccccc2)cc1. The molecular weight excluding hydrogens is 248 g/mol. The van der Waals surface area contributed by atoms with Crippen molar-refractivity contribution < 1.29 is 4.79 Å². The van der Waals surface area contributed by atoms with Crippen molar-refractivity contribution in [1.82, 2.24) is 5.32 Å². The minimum Gasteiger partial charge on any atom is -0.348 e. The molecule has 1 unspecified atom stereocenters. The summed E-state index contributed by atoms with van der Waals surface area (Å²) < 4.78 is 0. The van der Waals surface area contributed by atoms with E-state index in [1.54, 1.807) is 0 Å². The molecule has 3 heteroatoms. The van der Waals surface area contributed by atoms with E-state index >= 15 is 0 Å². The maximum Gasteiger partial charge on any atom is 0.241 e. The summed E-state index contributed by atoms with van der Waals surface area (Å²) in [6.07, 6.45) is 0. The van der Waals surface area contributed by atoms with Crippen molar-refractivity contribution in [3.05, 3.63) is 71.3 Å². The van der Waals surface area contributed by atoms with Crippen LogP contribution in [0.4, 0.5) is 0 Å². The van der Waals surface area contributed by atoms with Gasteiger partial charge >= 0.3 is 0 Å². The Morgan fingerprint density at radius 1 is 1.00 bits per heavy atom. The normalized spacial score (nSPS) is 13.6. The Hall–Kier alpha value is -2.13. The highest BCUT2D eigenvalue weighted by Gasteiger charge is 2.17. The molecule has 0 aliphatic rings. The van der Waals surface area contributed by atoms with Crippen LogP contribution < -0.4 is 11.1 Å². The van der Waals surface area contributed by atoms with E-state index in [4.69, 9.17) is 5.73 Å². The predicted octanol–water partition coefficient (Wildman–Crippen LogP) is 2.87. The molecule has 0 saturated heterocycles. The number of rotatable bonds is 4. The molecule has 0 spiro atoms. The van der Waals surface area contributed by atoms with Gasteiger partial charge < -0.3 is 11.1 Å². The van der Waals surface area contributed by atoms with E-state index in [0.717, 1.165) is 11.1 Å². The summed E-state index contributed by atoms with van der Waals surface area (Å²) in [5.41, 5.74) is 9.07. The summed E-state index contributed by atoms with van der Waals surface area (Å²) in [7, 11) is 0. The Bertz CT molecular complexity index is 563. The van der Waals surface area contributed by atoms with Crippen LogP contribution in [0.25, 0.3) is 0 Å². The molecule has 3 N–H and O–H groups in total. The van der Waals surface area contributed by atoms with Crippen LogP contribution in [0, 0.1) is 6.92 Å². The lowest BCUT2D eigenvalue weighted by molar-refractivity contribution is -0.123. The minimum atomic E-state index is -0.635. The van der Waals surface area contributed by atoms with Crippen LogP contribution in [-0.2, 0) is 4.79 Å². The number of nitrogens with two attached hydrogens (primary N) is 1. The maximum absolute atomic E-state index is 12.2. The highest BCUT2D eigenvalue weighted by atomic mass is 16.2. The van der Waals surface area contributed by atoms with Crippen molar-refractivity contribution >= 4 is 5.91 Å². The van der Waals surface area contributed by atoms with Gasteiger partial charge in [-0.25, -0.2) is 0 Å². The highest BCUT2D eigenvalue weighted by molar-refractivity contribution is 5.83. The largest absolute Gasteiger partial charge is 0.348 e. The standard InChI is InChI=1S/C17H20N2O/c1-12-8-10-14(11-9-12)13(2)19-17(20)16(18)15-6-4-3-5-7-15/h3-11,13,16H,18H2,1-2H3,(H,19,20)/t13?,16-/m1/s1. The fraction of sp³-hybridized carbons (Fsp3) is 0.235. The van der Waals surface area contributed by atoms with E-state index in [1.165, 1.54) is 5.56 Å². The molecule has 0 radical (unpaired) electrons. The zero-order valence-corrected chi connectivity index (χ0v) is 11.8. The Balaban J connectivity index is 2.02. The highest BCUT2D eigenvalue weighted by Crippen LogP contribution is 2.15. The smallest absolute Gasteiger partial charge is 0.241 e. The van der Waals surface area contributed by atoms with E-state index < -0.39 is 6.04 Å². The molecule has 0 aliphatic carbocycles. The maximum atomic E-state index is 12.2. The van der Waals surface area contributed by atoms with Gasteiger partial charge in [0, 0.05) is 0 Å². The Labute approximate surface area is 119 Å². The molecular formula is C17H20N2O. The molecule has 2 atom stereocenters. The van der Waals surface area contributed by atoms with Gasteiger partial charge in [-0.15, -0.1) is 0 Å². The molecule has 104 valence electrons.